The molecule has 0 saturated carbocycles. The van der Waals surface area contributed by atoms with E-state index in [1.165, 1.54) is 38.5 Å². The van der Waals surface area contributed by atoms with Gasteiger partial charge in [0.25, 0.3) is 0 Å². The molecule has 0 aromatic rings. The Kier molecular flexibility index (Phi) is 10.6. The van der Waals surface area contributed by atoms with Crippen molar-refractivity contribution in [1.29, 1.82) is 10.8 Å². The molecule has 2 fully saturated rings. The molecular weight excluding hydrogens is 372 g/mol. The molecule has 27 heavy (non-hydrogen) atoms. The lowest BCUT2D eigenvalue weighted by Gasteiger charge is -2.39. The maximum absolute atomic E-state index is 8.74. The van der Waals surface area contributed by atoms with Gasteiger partial charge in [-0.1, -0.05) is 0 Å². The summed E-state index contributed by atoms with van der Waals surface area (Å²) < 4.78 is 31.6. The monoisotopic (exact) mass is 408 g/mol. The van der Waals surface area contributed by atoms with Crippen LogP contribution in [-0.4, -0.2) is 63.4 Å². The highest BCUT2D eigenvalue weighted by Crippen LogP contribution is 2.22. The SMILES string of the molecule is CC1CCCC(C)N1C(=N)N.CC1CCCC(C)N1C(=N)N.O=S(=O)(O)O. The zero-order valence-corrected chi connectivity index (χ0v) is 17.5. The molecule has 0 spiro atoms. The number of likely N-dealkylation sites (tertiary alicyclic amines) is 2. The van der Waals surface area contributed by atoms with Crippen LogP contribution in [0.2, 0.25) is 0 Å². The summed E-state index contributed by atoms with van der Waals surface area (Å²) in [6, 6.07) is 1.82. The summed E-state index contributed by atoms with van der Waals surface area (Å²) in [5.41, 5.74) is 10.9. The Morgan fingerprint density at radius 1 is 0.778 bits per heavy atom. The minimum absolute atomic E-state index is 0.227. The Hall–Kier alpha value is -1.59. The molecule has 8 N–H and O–H groups in total. The smallest absolute Gasteiger partial charge is 0.370 e. The highest BCUT2D eigenvalue weighted by molar-refractivity contribution is 7.79. The highest BCUT2D eigenvalue weighted by Gasteiger charge is 2.25. The van der Waals surface area contributed by atoms with Gasteiger partial charge in [-0.25, -0.2) is 0 Å². The minimum atomic E-state index is -4.67. The van der Waals surface area contributed by atoms with Crippen molar-refractivity contribution in [3.05, 3.63) is 0 Å². The summed E-state index contributed by atoms with van der Waals surface area (Å²) in [6.45, 7) is 8.54. The van der Waals surface area contributed by atoms with Crippen molar-refractivity contribution in [3.63, 3.8) is 0 Å². The van der Waals surface area contributed by atoms with Gasteiger partial charge in [0.15, 0.2) is 11.9 Å². The number of hydrogen-bond acceptors (Lipinski definition) is 4. The van der Waals surface area contributed by atoms with Crippen LogP contribution in [-0.2, 0) is 10.4 Å². The standard InChI is InChI=1S/2C8H17N3.H2O4S/c2*1-6-4-3-5-7(2)11(6)8(9)10;1-5(2,3)4/h2*6-7H,3-5H2,1-2H3,(H3,9,10);(H2,1,2,3,4). The van der Waals surface area contributed by atoms with Gasteiger partial charge in [0.05, 0.1) is 0 Å². The molecule has 4 atom stereocenters. The van der Waals surface area contributed by atoms with E-state index < -0.39 is 10.4 Å². The molecule has 0 aliphatic carbocycles. The van der Waals surface area contributed by atoms with Gasteiger partial charge < -0.3 is 21.3 Å². The van der Waals surface area contributed by atoms with E-state index in [9.17, 15) is 0 Å². The van der Waals surface area contributed by atoms with Crippen LogP contribution in [0.25, 0.3) is 0 Å². The molecule has 2 rings (SSSR count). The van der Waals surface area contributed by atoms with Crippen molar-refractivity contribution in [2.75, 3.05) is 0 Å². The molecule has 10 nitrogen and oxygen atoms in total. The Morgan fingerprint density at radius 2 is 0.963 bits per heavy atom. The van der Waals surface area contributed by atoms with Gasteiger partial charge in [0.2, 0.25) is 0 Å². The van der Waals surface area contributed by atoms with Crippen LogP contribution in [0.3, 0.4) is 0 Å². The number of hydrogen-bond donors (Lipinski definition) is 6. The van der Waals surface area contributed by atoms with Crippen molar-refractivity contribution in [2.45, 2.75) is 90.4 Å². The van der Waals surface area contributed by atoms with Gasteiger partial charge in [0.1, 0.15) is 0 Å². The maximum atomic E-state index is 8.74. The molecule has 0 aromatic carbocycles. The summed E-state index contributed by atoms with van der Waals surface area (Å²) in [6.07, 6.45) is 7.22. The van der Waals surface area contributed by atoms with Crippen LogP contribution < -0.4 is 11.5 Å². The number of nitrogens with one attached hydrogen (secondary N) is 2. The van der Waals surface area contributed by atoms with E-state index in [1.807, 2.05) is 9.80 Å². The van der Waals surface area contributed by atoms with E-state index in [0.717, 1.165) is 0 Å². The zero-order valence-electron chi connectivity index (χ0n) is 16.7. The van der Waals surface area contributed by atoms with Gasteiger partial charge in [-0.2, -0.15) is 8.42 Å². The first kappa shape index (κ1) is 25.4. The summed E-state index contributed by atoms with van der Waals surface area (Å²) in [5.74, 6) is 0.453. The molecule has 2 saturated heterocycles. The second-order valence-corrected chi connectivity index (χ2v) is 8.19. The van der Waals surface area contributed by atoms with Crippen molar-refractivity contribution < 1.29 is 17.5 Å². The van der Waals surface area contributed by atoms with E-state index in [0.29, 0.717) is 24.2 Å². The van der Waals surface area contributed by atoms with E-state index in [2.05, 4.69) is 27.7 Å². The number of nitrogens with zero attached hydrogens (tertiary/aromatic N) is 2. The molecule has 2 aliphatic heterocycles. The second kappa shape index (κ2) is 11.3. The second-order valence-electron chi connectivity index (χ2n) is 7.29. The fourth-order valence-corrected chi connectivity index (χ4v) is 3.79. The topological polar surface area (TPSA) is 181 Å². The molecule has 0 amide bonds. The third-order valence-corrected chi connectivity index (χ3v) is 4.94. The van der Waals surface area contributed by atoms with Gasteiger partial charge >= 0.3 is 10.4 Å². The maximum Gasteiger partial charge on any atom is 0.394 e. The predicted octanol–water partition coefficient (Wildman–Crippen LogP) is 1.63. The highest BCUT2D eigenvalue weighted by atomic mass is 32.3. The molecular formula is C16H36N6O4S. The number of rotatable bonds is 0. The third-order valence-electron chi connectivity index (χ3n) is 4.94. The largest absolute Gasteiger partial charge is 0.394 e. The van der Waals surface area contributed by atoms with Crippen LogP contribution in [0, 0.1) is 10.8 Å². The lowest BCUT2D eigenvalue weighted by molar-refractivity contribution is 0.188. The first-order valence-electron chi connectivity index (χ1n) is 9.20. The normalized spacial score (nSPS) is 28.2. The van der Waals surface area contributed by atoms with Crippen LogP contribution in [0.1, 0.15) is 66.2 Å². The quantitative estimate of drug-likeness (QED) is 0.199. The number of nitrogens with two attached hydrogens (primary N) is 2. The Morgan fingerprint density at radius 3 is 1.07 bits per heavy atom. The van der Waals surface area contributed by atoms with Crippen LogP contribution in [0.5, 0.6) is 0 Å². The van der Waals surface area contributed by atoms with Crippen molar-refractivity contribution >= 4 is 22.3 Å². The fourth-order valence-electron chi connectivity index (χ4n) is 3.79. The Labute approximate surface area is 162 Å². The average molecular weight is 409 g/mol. The number of piperidine rings is 2. The van der Waals surface area contributed by atoms with Gasteiger partial charge in [-0.05, 0) is 66.2 Å². The molecule has 2 heterocycles. The summed E-state index contributed by atoms with van der Waals surface area (Å²) in [7, 11) is -4.67. The Bertz CT molecular complexity index is 521. The third kappa shape index (κ3) is 10.4. The molecule has 4 unspecified atom stereocenters. The molecule has 0 bridgehead atoms. The first-order chi connectivity index (χ1) is 12.3. The van der Waals surface area contributed by atoms with E-state index in [-0.39, 0.29) is 11.9 Å². The lowest BCUT2D eigenvalue weighted by atomic mass is 9.98. The molecule has 160 valence electrons. The molecule has 11 heteroatoms. The predicted molar refractivity (Wildman–Crippen MR) is 107 cm³/mol. The van der Waals surface area contributed by atoms with E-state index >= 15 is 0 Å². The summed E-state index contributed by atoms with van der Waals surface area (Å²) in [5, 5.41) is 14.7. The van der Waals surface area contributed by atoms with E-state index in [4.69, 9.17) is 39.8 Å². The molecule has 0 radical (unpaired) electrons. The van der Waals surface area contributed by atoms with Gasteiger partial charge in [-0.15, -0.1) is 0 Å². The summed E-state index contributed by atoms with van der Waals surface area (Å²) in [4.78, 5) is 4.01. The lowest BCUT2D eigenvalue weighted by Crippen LogP contribution is -2.50. The summed E-state index contributed by atoms with van der Waals surface area (Å²) >= 11 is 0. The van der Waals surface area contributed by atoms with Crippen molar-refractivity contribution in [3.8, 4) is 0 Å². The zero-order chi connectivity index (χ0) is 21.4. The van der Waals surface area contributed by atoms with Crippen molar-refractivity contribution in [2.24, 2.45) is 11.5 Å². The van der Waals surface area contributed by atoms with Crippen LogP contribution >= 0.6 is 0 Å². The minimum Gasteiger partial charge on any atom is -0.370 e. The van der Waals surface area contributed by atoms with Crippen LogP contribution in [0.4, 0.5) is 0 Å². The molecule has 0 aromatic heterocycles. The van der Waals surface area contributed by atoms with E-state index in [1.54, 1.807) is 0 Å². The first-order valence-corrected chi connectivity index (χ1v) is 10.6. The molecule has 2 aliphatic rings. The van der Waals surface area contributed by atoms with Gasteiger partial charge in [-0.3, -0.25) is 19.9 Å². The van der Waals surface area contributed by atoms with Gasteiger partial charge in [0, 0.05) is 24.2 Å². The number of guanidine groups is 2. The average Bonchev–Trinajstić information content (AvgIpc) is 2.44. The Balaban J connectivity index is 0.000000405. The fraction of sp³-hybridized carbons (Fsp3) is 0.875. The van der Waals surface area contributed by atoms with Crippen molar-refractivity contribution in [1.82, 2.24) is 9.80 Å². The van der Waals surface area contributed by atoms with Crippen LogP contribution in [0.15, 0.2) is 0 Å².